The molecule has 2 N–H and O–H groups in total. The van der Waals surface area contributed by atoms with Crippen LogP contribution in [0.25, 0.3) is 0 Å². The summed E-state index contributed by atoms with van der Waals surface area (Å²) in [6.07, 6.45) is 1.22. The number of halogens is 1. The zero-order valence-corrected chi connectivity index (χ0v) is 10.5. The monoisotopic (exact) mass is 310 g/mol. The molecule has 2 rings (SSSR count). The molecule has 0 fully saturated rings. The molecule has 0 aliphatic heterocycles. The van der Waals surface area contributed by atoms with E-state index in [0.29, 0.717) is 4.47 Å². The van der Waals surface area contributed by atoms with E-state index in [9.17, 15) is 10.1 Å². The summed E-state index contributed by atoms with van der Waals surface area (Å²) in [6.45, 7) is 0. The van der Waals surface area contributed by atoms with Crippen molar-refractivity contribution in [3.63, 3.8) is 0 Å². The van der Waals surface area contributed by atoms with Crippen LogP contribution in [0.4, 0.5) is 11.5 Å². The Morgan fingerprint density at radius 2 is 2.11 bits per heavy atom. The van der Waals surface area contributed by atoms with Crippen molar-refractivity contribution in [2.45, 2.75) is 0 Å². The molecule has 2 aromatic rings. The summed E-state index contributed by atoms with van der Waals surface area (Å²) in [5.41, 5.74) is 5.30. The second-order valence-electron chi connectivity index (χ2n) is 3.25. The molecule has 0 aliphatic carbocycles. The Labute approximate surface area is 110 Å². The number of ether oxygens (including phenoxy) is 1. The molecule has 0 unspecified atom stereocenters. The van der Waals surface area contributed by atoms with Crippen molar-refractivity contribution < 1.29 is 9.66 Å². The minimum absolute atomic E-state index is 0.0845. The molecule has 7 nitrogen and oxygen atoms in total. The van der Waals surface area contributed by atoms with Crippen LogP contribution in [0.3, 0.4) is 0 Å². The van der Waals surface area contributed by atoms with Crippen LogP contribution in [0.15, 0.2) is 35.1 Å². The Bertz CT molecular complexity index is 605. The van der Waals surface area contributed by atoms with Crippen LogP contribution in [0.2, 0.25) is 0 Å². The minimum atomic E-state index is -0.537. The van der Waals surface area contributed by atoms with Gasteiger partial charge in [0.15, 0.2) is 0 Å². The lowest BCUT2D eigenvalue weighted by atomic mass is 10.3. The van der Waals surface area contributed by atoms with Gasteiger partial charge in [-0.1, -0.05) is 15.9 Å². The number of nitrogen functional groups attached to an aromatic ring is 1. The van der Waals surface area contributed by atoms with E-state index in [1.807, 2.05) is 0 Å². The maximum Gasteiger partial charge on any atom is 0.312 e. The zero-order chi connectivity index (χ0) is 13.1. The lowest BCUT2D eigenvalue weighted by Crippen LogP contribution is -1.96. The number of anilines is 1. The van der Waals surface area contributed by atoms with E-state index in [1.54, 1.807) is 6.07 Å². The third kappa shape index (κ3) is 2.72. The summed E-state index contributed by atoms with van der Waals surface area (Å²) in [5.74, 6) is 0.453. The first-order valence-electron chi connectivity index (χ1n) is 4.75. The molecule has 1 aromatic heterocycles. The first-order chi connectivity index (χ1) is 8.56. The van der Waals surface area contributed by atoms with Gasteiger partial charge < -0.3 is 10.5 Å². The molecule has 1 heterocycles. The SMILES string of the molecule is Nc1cc(Oc2ccc(Br)cc2[N+](=O)[O-])ncn1. The first kappa shape index (κ1) is 12.2. The predicted octanol–water partition coefficient (Wildman–Crippen LogP) is 2.52. The fourth-order valence-corrected chi connectivity index (χ4v) is 1.59. The highest BCUT2D eigenvalue weighted by Gasteiger charge is 2.16. The molecule has 0 radical (unpaired) electrons. The van der Waals surface area contributed by atoms with Crippen molar-refractivity contribution in [1.29, 1.82) is 0 Å². The van der Waals surface area contributed by atoms with Crippen LogP contribution in [0.1, 0.15) is 0 Å². The molecular formula is C10H7BrN4O3. The Morgan fingerprint density at radius 1 is 1.33 bits per heavy atom. The van der Waals surface area contributed by atoms with Gasteiger partial charge in [0, 0.05) is 16.6 Å². The molecule has 0 amide bonds. The quantitative estimate of drug-likeness (QED) is 0.690. The van der Waals surface area contributed by atoms with Gasteiger partial charge in [0.1, 0.15) is 12.1 Å². The van der Waals surface area contributed by atoms with Gasteiger partial charge in [-0.15, -0.1) is 0 Å². The van der Waals surface area contributed by atoms with Gasteiger partial charge >= 0.3 is 5.69 Å². The van der Waals surface area contributed by atoms with Gasteiger partial charge in [-0.25, -0.2) is 9.97 Å². The number of nitrogens with two attached hydrogens (primary N) is 1. The lowest BCUT2D eigenvalue weighted by Gasteiger charge is -2.05. The minimum Gasteiger partial charge on any atom is -0.432 e. The van der Waals surface area contributed by atoms with E-state index in [2.05, 4.69) is 25.9 Å². The molecule has 0 atom stereocenters. The molecular weight excluding hydrogens is 304 g/mol. The highest BCUT2D eigenvalue weighted by Crippen LogP contribution is 2.33. The average Bonchev–Trinajstić information content (AvgIpc) is 2.31. The third-order valence-electron chi connectivity index (χ3n) is 2.00. The largest absolute Gasteiger partial charge is 0.432 e. The number of nitrogens with zero attached hydrogens (tertiary/aromatic N) is 3. The zero-order valence-electron chi connectivity index (χ0n) is 8.91. The molecule has 0 saturated heterocycles. The number of rotatable bonds is 3. The number of hydrogen-bond acceptors (Lipinski definition) is 6. The van der Waals surface area contributed by atoms with Crippen molar-refractivity contribution in [3.05, 3.63) is 45.2 Å². The molecule has 18 heavy (non-hydrogen) atoms. The molecule has 0 aliphatic rings. The van der Waals surface area contributed by atoms with Crippen LogP contribution < -0.4 is 10.5 Å². The van der Waals surface area contributed by atoms with Crippen LogP contribution in [-0.4, -0.2) is 14.9 Å². The Hall–Kier alpha value is -2.22. The maximum absolute atomic E-state index is 10.9. The normalized spacial score (nSPS) is 10.1. The average molecular weight is 311 g/mol. The standard InChI is InChI=1S/C10H7BrN4O3/c11-6-1-2-8(7(3-6)15(16)17)18-10-4-9(12)13-5-14-10/h1-5H,(H2,12,13,14). The van der Waals surface area contributed by atoms with Gasteiger partial charge in [-0.3, -0.25) is 10.1 Å². The van der Waals surface area contributed by atoms with E-state index in [-0.39, 0.29) is 23.1 Å². The third-order valence-corrected chi connectivity index (χ3v) is 2.49. The van der Waals surface area contributed by atoms with Crippen molar-refractivity contribution in [2.24, 2.45) is 0 Å². The maximum atomic E-state index is 10.9. The second-order valence-corrected chi connectivity index (χ2v) is 4.17. The van der Waals surface area contributed by atoms with E-state index in [4.69, 9.17) is 10.5 Å². The van der Waals surface area contributed by atoms with E-state index < -0.39 is 4.92 Å². The van der Waals surface area contributed by atoms with E-state index >= 15 is 0 Å². The smallest absolute Gasteiger partial charge is 0.312 e. The van der Waals surface area contributed by atoms with Crippen molar-refractivity contribution in [3.8, 4) is 11.6 Å². The molecule has 0 bridgehead atoms. The molecule has 0 spiro atoms. The van der Waals surface area contributed by atoms with Gasteiger partial charge in [-0.2, -0.15) is 0 Å². The van der Waals surface area contributed by atoms with Crippen LogP contribution in [0, 0.1) is 10.1 Å². The Balaban J connectivity index is 2.37. The number of aromatic nitrogens is 2. The number of nitro groups is 1. The summed E-state index contributed by atoms with van der Waals surface area (Å²) in [6, 6.07) is 5.83. The molecule has 0 saturated carbocycles. The van der Waals surface area contributed by atoms with Gasteiger partial charge in [0.2, 0.25) is 11.6 Å². The summed E-state index contributed by atoms with van der Waals surface area (Å²) in [4.78, 5) is 17.8. The number of hydrogen-bond donors (Lipinski definition) is 1. The van der Waals surface area contributed by atoms with Gasteiger partial charge in [0.25, 0.3) is 0 Å². The van der Waals surface area contributed by atoms with Gasteiger partial charge in [-0.05, 0) is 12.1 Å². The molecule has 8 heteroatoms. The summed E-state index contributed by atoms with van der Waals surface area (Å²) >= 11 is 3.16. The van der Waals surface area contributed by atoms with Crippen molar-refractivity contribution >= 4 is 27.4 Å². The fourth-order valence-electron chi connectivity index (χ4n) is 1.24. The topological polar surface area (TPSA) is 104 Å². The fraction of sp³-hybridized carbons (Fsp3) is 0. The van der Waals surface area contributed by atoms with Crippen LogP contribution >= 0.6 is 15.9 Å². The predicted molar refractivity (Wildman–Crippen MR) is 67.3 cm³/mol. The van der Waals surface area contributed by atoms with Crippen molar-refractivity contribution in [2.75, 3.05) is 5.73 Å². The van der Waals surface area contributed by atoms with Crippen molar-refractivity contribution in [1.82, 2.24) is 9.97 Å². The molecule has 1 aromatic carbocycles. The van der Waals surface area contributed by atoms with E-state index in [1.165, 1.54) is 24.5 Å². The van der Waals surface area contributed by atoms with Crippen LogP contribution in [0.5, 0.6) is 11.6 Å². The summed E-state index contributed by atoms with van der Waals surface area (Å²) in [5, 5.41) is 10.9. The summed E-state index contributed by atoms with van der Waals surface area (Å²) < 4.78 is 5.90. The first-order valence-corrected chi connectivity index (χ1v) is 5.55. The molecule has 92 valence electrons. The lowest BCUT2D eigenvalue weighted by molar-refractivity contribution is -0.385. The summed E-state index contributed by atoms with van der Waals surface area (Å²) in [7, 11) is 0. The Kier molecular flexibility index (Phi) is 3.38. The Morgan fingerprint density at radius 3 is 2.78 bits per heavy atom. The number of benzene rings is 1. The van der Waals surface area contributed by atoms with Crippen LogP contribution in [-0.2, 0) is 0 Å². The van der Waals surface area contributed by atoms with Gasteiger partial charge in [0.05, 0.1) is 4.92 Å². The second kappa shape index (κ2) is 4.96. The number of nitro benzene ring substituents is 1. The van der Waals surface area contributed by atoms with E-state index in [0.717, 1.165) is 0 Å². The highest BCUT2D eigenvalue weighted by atomic mass is 79.9. The highest BCUT2D eigenvalue weighted by molar-refractivity contribution is 9.10.